The molecule has 2 bridgehead atoms. The SMILES string of the molecule is CC(C)(Oc1ccc(F)cc1C(F)(F)F)C(=O)NC1C[C@H]2CC[C@@H](C1)N2c1ccc(NS(C)(=O)=O)cc1. The Balaban J connectivity index is 1.41. The van der Waals surface area contributed by atoms with Crippen LogP contribution >= 0.6 is 0 Å². The van der Waals surface area contributed by atoms with Gasteiger partial charge in [0.2, 0.25) is 10.0 Å². The number of anilines is 2. The topological polar surface area (TPSA) is 87.7 Å². The van der Waals surface area contributed by atoms with Crippen molar-refractivity contribution in [2.24, 2.45) is 0 Å². The average Bonchev–Trinajstić information content (AvgIpc) is 3.03. The van der Waals surface area contributed by atoms with Gasteiger partial charge in [0.15, 0.2) is 5.60 Å². The zero-order chi connectivity index (χ0) is 27.2. The van der Waals surface area contributed by atoms with Gasteiger partial charge in [-0.25, -0.2) is 12.8 Å². The van der Waals surface area contributed by atoms with E-state index in [0.29, 0.717) is 24.6 Å². The van der Waals surface area contributed by atoms with E-state index in [2.05, 4.69) is 14.9 Å². The molecule has 2 aliphatic rings. The highest BCUT2D eigenvalue weighted by Gasteiger charge is 2.43. The number of nitrogens with zero attached hydrogens (tertiary/aromatic N) is 1. The minimum atomic E-state index is -4.84. The van der Waals surface area contributed by atoms with Gasteiger partial charge in [-0.2, -0.15) is 13.2 Å². The molecule has 202 valence electrons. The molecule has 2 heterocycles. The summed E-state index contributed by atoms with van der Waals surface area (Å²) < 4.78 is 84.3. The molecule has 1 amide bonds. The van der Waals surface area contributed by atoms with Crippen LogP contribution in [0, 0.1) is 5.82 Å². The zero-order valence-corrected chi connectivity index (χ0v) is 21.4. The third-order valence-electron chi connectivity index (χ3n) is 6.70. The minimum Gasteiger partial charge on any atom is -0.477 e. The first-order chi connectivity index (χ1) is 17.1. The minimum absolute atomic E-state index is 0.149. The van der Waals surface area contributed by atoms with E-state index in [1.807, 2.05) is 12.1 Å². The maximum absolute atomic E-state index is 13.4. The molecule has 2 aromatic carbocycles. The summed E-state index contributed by atoms with van der Waals surface area (Å²) in [5.74, 6) is -2.22. The molecule has 0 spiro atoms. The molecule has 37 heavy (non-hydrogen) atoms. The Bertz CT molecular complexity index is 1250. The summed E-state index contributed by atoms with van der Waals surface area (Å²) in [4.78, 5) is 15.3. The van der Waals surface area contributed by atoms with Crippen molar-refractivity contribution in [1.82, 2.24) is 5.32 Å². The highest BCUT2D eigenvalue weighted by atomic mass is 32.2. The van der Waals surface area contributed by atoms with E-state index in [4.69, 9.17) is 4.74 Å². The second kappa shape index (κ2) is 9.70. The highest BCUT2D eigenvalue weighted by molar-refractivity contribution is 7.92. The second-order valence-corrected chi connectivity index (χ2v) is 11.9. The maximum atomic E-state index is 13.4. The zero-order valence-electron chi connectivity index (χ0n) is 20.6. The lowest BCUT2D eigenvalue weighted by atomic mass is 9.95. The number of carbonyl (C=O) groups is 1. The Morgan fingerprint density at radius 3 is 2.16 bits per heavy atom. The fourth-order valence-electron chi connectivity index (χ4n) is 5.13. The fraction of sp³-hybridized carbons (Fsp3) is 0.480. The second-order valence-electron chi connectivity index (χ2n) is 10.1. The number of carbonyl (C=O) groups excluding carboxylic acids is 1. The number of hydrogen-bond acceptors (Lipinski definition) is 5. The van der Waals surface area contributed by atoms with Gasteiger partial charge in [-0.1, -0.05) is 0 Å². The van der Waals surface area contributed by atoms with Crippen LogP contribution in [0.4, 0.5) is 28.9 Å². The molecule has 7 nitrogen and oxygen atoms in total. The summed E-state index contributed by atoms with van der Waals surface area (Å²) in [7, 11) is -3.37. The van der Waals surface area contributed by atoms with Crippen LogP contribution in [0.3, 0.4) is 0 Å². The number of piperidine rings is 1. The first-order valence-electron chi connectivity index (χ1n) is 11.9. The van der Waals surface area contributed by atoms with E-state index in [-0.39, 0.29) is 18.1 Å². The number of hydrogen-bond donors (Lipinski definition) is 2. The van der Waals surface area contributed by atoms with Crippen molar-refractivity contribution in [3.63, 3.8) is 0 Å². The van der Waals surface area contributed by atoms with Gasteiger partial charge in [0.05, 0.1) is 6.26 Å². The molecule has 0 aromatic heterocycles. The van der Waals surface area contributed by atoms with Gasteiger partial charge in [0, 0.05) is 29.5 Å². The van der Waals surface area contributed by atoms with E-state index in [1.165, 1.54) is 13.8 Å². The molecule has 2 N–H and O–H groups in total. The number of ether oxygens (including phenoxy) is 1. The Labute approximate surface area is 213 Å². The lowest BCUT2D eigenvalue weighted by Crippen LogP contribution is -2.55. The van der Waals surface area contributed by atoms with Crippen molar-refractivity contribution in [1.29, 1.82) is 0 Å². The van der Waals surface area contributed by atoms with Gasteiger partial charge in [0.25, 0.3) is 5.91 Å². The Hall–Kier alpha value is -3.02. The standard InChI is InChI=1S/C25H29F4N3O4S/c1-24(2,36-22-11-4-15(26)12-21(22)25(27,28)29)23(33)30-17-13-19-9-10-20(14-17)32(19)18-7-5-16(6-8-18)31-37(3,34)35/h4-8,11-12,17,19-20,31H,9-10,13-14H2,1-3H3,(H,30,33)/t17?,19-,20+. The van der Waals surface area contributed by atoms with Crippen LogP contribution in [0.1, 0.15) is 45.1 Å². The van der Waals surface area contributed by atoms with Gasteiger partial charge in [-0.05, 0) is 82.0 Å². The molecular weight excluding hydrogens is 514 g/mol. The molecule has 1 unspecified atom stereocenters. The predicted octanol–water partition coefficient (Wildman–Crippen LogP) is 4.69. The number of halogens is 4. The number of sulfonamides is 1. The molecule has 2 aromatic rings. The van der Waals surface area contributed by atoms with Crippen LogP contribution in [0.15, 0.2) is 42.5 Å². The molecular formula is C25H29F4N3O4S. The van der Waals surface area contributed by atoms with Gasteiger partial charge < -0.3 is 15.0 Å². The number of amides is 1. The lowest BCUT2D eigenvalue weighted by Gasteiger charge is -2.41. The third-order valence-corrected chi connectivity index (χ3v) is 7.30. The fourth-order valence-corrected chi connectivity index (χ4v) is 5.69. The maximum Gasteiger partial charge on any atom is 0.420 e. The summed E-state index contributed by atoms with van der Waals surface area (Å²) in [6.07, 6.45) is -0.621. The van der Waals surface area contributed by atoms with Crippen LogP contribution in [-0.4, -0.2) is 44.3 Å². The molecule has 2 aliphatic heterocycles. The van der Waals surface area contributed by atoms with E-state index in [1.54, 1.807) is 12.1 Å². The van der Waals surface area contributed by atoms with Crippen LogP contribution in [-0.2, 0) is 21.0 Å². The van der Waals surface area contributed by atoms with Gasteiger partial charge >= 0.3 is 6.18 Å². The Morgan fingerprint density at radius 2 is 1.62 bits per heavy atom. The summed E-state index contributed by atoms with van der Waals surface area (Å²) in [5.41, 5.74) is -1.48. The van der Waals surface area contributed by atoms with Crippen LogP contribution in [0.2, 0.25) is 0 Å². The first kappa shape index (κ1) is 27.0. The van der Waals surface area contributed by atoms with E-state index < -0.39 is 44.8 Å². The molecule has 2 fully saturated rings. The van der Waals surface area contributed by atoms with Crippen molar-refractivity contribution in [2.75, 3.05) is 15.9 Å². The van der Waals surface area contributed by atoms with Gasteiger partial charge in [-0.3, -0.25) is 9.52 Å². The first-order valence-corrected chi connectivity index (χ1v) is 13.7. The monoisotopic (exact) mass is 543 g/mol. The van der Waals surface area contributed by atoms with E-state index in [0.717, 1.165) is 36.9 Å². The Morgan fingerprint density at radius 1 is 1.03 bits per heavy atom. The summed E-state index contributed by atoms with van der Waals surface area (Å²) >= 11 is 0. The summed E-state index contributed by atoms with van der Waals surface area (Å²) in [6.45, 7) is 2.75. The number of alkyl halides is 3. The van der Waals surface area contributed by atoms with Crippen molar-refractivity contribution in [2.45, 2.75) is 69.4 Å². The molecule has 0 radical (unpaired) electrons. The van der Waals surface area contributed by atoms with Crippen molar-refractivity contribution in [3.05, 3.63) is 53.8 Å². The highest BCUT2D eigenvalue weighted by Crippen LogP contribution is 2.41. The predicted molar refractivity (Wildman–Crippen MR) is 131 cm³/mol. The lowest BCUT2D eigenvalue weighted by molar-refractivity contribution is -0.144. The van der Waals surface area contributed by atoms with Crippen LogP contribution in [0.5, 0.6) is 5.75 Å². The van der Waals surface area contributed by atoms with Crippen molar-refractivity contribution >= 4 is 27.3 Å². The molecule has 2 saturated heterocycles. The molecule has 3 atom stereocenters. The largest absolute Gasteiger partial charge is 0.477 e. The number of fused-ring (bicyclic) bond motifs is 2. The van der Waals surface area contributed by atoms with Crippen molar-refractivity contribution in [3.8, 4) is 5.75 Å². The van der Waals surface area contributed by atoms with Gasteiger partial charge in [-0.15, -0.1) is 0 Å². The van der Waals surface area contributed by atoms with E-state index >= 15 is 0 Å². The van der Waals surface area contributed by atoms with Crippen LogP contribution < -0.4 is 19.7 Å². The van der Waals surface area contributed by atoms with Gasteiger partial charge in [0.1, 0.15) is 17.1 Å². The number of rotatable bonds is 7. The molecule has 4 rings (SSSR count). The van der Waals surface area contributed by atoms with Crippen molar-refractivity contribution < 1.29 is 35.5 Å². The third kappa shape index (κ3) is 6.28. The smallest absolute Gasteiger partial charge is 0.420 e. The molecule has 0 aliphatic carbocycles. The average molecular weight is 544 g/mol. The number of benzene rings is 2. The van der Waals surface area contributed by atoms with E-state index in [9.17, 15) is 30.8 Å². The molecule has 0 saturated carbocycles. The summed E-state index contributed by atoms with van der Waals surface area (Å²) in [6, 6.07) is 9.31. The van der Waals surface area contributed by atoms with Crippen LogP contribution in [0.25, 0.3) is 0 Å². The normalized spacial score (nSPS) is 22.0. The quantitative estimate of drug-likeness (QED) is 0.495. The number of nitrogens with one attached hydrogen (secondary N) is 2. The Kier molecular flexibility index (Phi) is 7.08. The molecule has 12 heteroatoms. The summed E-state index contributed by atoms with van der Waals surface area (Å²) in [5, 5.41) is 2.93.